The van der Waals surface area contributed by atoms with E-state index < -0.39 is 0 Å². The maximum atomic E-state index is 15.4. The van der Waals surface area contributed by atoms with Crippen LogP contribution < -0.4 is 4.90 Å². The Balaban J connectivity index is 1.18. The molecule has 1 saturated heterocycles. The number of fused-ring (bicyclic) bond motifs is 2. The number of hydrogen-bond donors (Lipinski definition) is 0. The third kappa shape index (κ3) is 4.13. The molecular formula is C32H28FN7O. The lowest BCUT2D eigenvalue weighted by Gasteiger charge is -2.18. The van der Waals surface area contributed by atoms with Crippen LogP contribution in [0.15, 0.2) is 48.8 Å². The second kappa shape index (κ2) is 9.05. The first-order valence-electron chi connectivity index (χ1n) is 14.2. The van der Waals surface area contributed by atoms with Crippen LogP contribution in [-0.2, 0) is 20.1 Å². The minimum Gasteiger partial charge on any atom is -0.317 e. The van der Waals surface area contributed by atoms with Gasteiger partial charge in [0.25, 0.3) is 5.91 Å². The summed E-state index contributed by atoms with van der Waals surface area (Å²) in [5.41, 5.74) is 5.68. The molecule has 4 aromatic rings. The van der Waals surface area contributed by atoms with E-state index in [9.17, 15) is 10.1 Å². The zero-order valence-electron chi connectivity index (χ0n) is 22.7. The fourth-order valence-corrected chi connectivity index (χ4v) is 6.61. The van der Waals surface area contributed by atoms with E-state index in [0.717, 1.165) is 53.3 Å². The molecule has 2 atom stereocenters. The number of pyridine rings is 1. The van der Waals surface area contributed by atoms with E-state index in [2.05, 4.69) is 27.2 Å². The molecule has 8 rings (SSSR count). The molecule has 0 bridgehead atoms. The molecule has 4 heterocycles. The van der Waals surface area contributed by atoms with Crippen molar-refractivity contribution >= 4 is 11.7 Å². The molecule has 3 fully saturated rings. The lowest BCUT2D eigenvalue weighted by Crippen LogP contribution is -2.25. The summed E-state index contributed by atoms with van der Waals surface area (Å²) in [7, 11) is 1.86. The van der Waals surface area contributed by atoms with E-state index in [-0.39, 0.29) is 18.3 Å². The minimum absolute atomic E-state index is 0.152. The first-order chi connectivity index (χ1) is 20.0. The van der Waals surface area contributed by atoms with E-state index in [1.807, 2.05) is 35.9 Å². The summed E-state index contributed by atoms with van der Waals surface area (Å²) in [4.78, 5) is 22.7. The van der Waals surface area contributed by atoms with Gasteiger partial charge in [-0.3, -0.25) is 14.6 Å². The number of halogens is 1. The highest BCUT2D eigenvalue weighted by molar-refractivity contribution is 6.10. The number of carbonyl (C=O) groups is 1. The van der Waals surface area contributed by atoms with Gasteiger partial charge in [0.15, 0.2) is 5.82 Å². The lowest BCUT2D eigenvalue weighted by molar-refractivity contribution is 0.0995. The Morgan fingerprint density at radius 2 is 1.95 bits per heavy atom. The minimum atomic E-state index is -0.324. The van der Waals surface area contributed by atoms with Gasteiger partial charge >= 0.3 is 0 Å². The second-order valence-electron chi connectivity index (χ2n) is 11.9. The van der Waals surface area contributed by atoms with Crippen LogP contribution in [0.1, 0.15) is 64.3 Å². The number of nitriles is 1. The van der Waals surface area contributed by atoms with Crippen molar-refractivity contribution in [2.75, 3.05) is 11.4 Å². The smallest absolute Gasteiger partial charge is 0.260 e. The fourth-order valence-electron chi connectivity index (χ4n) is 6.61. The Hall–Kier alpha value is -4.42. The normalized spacial score (nSPS) is 21.2. The highest BCUT2D eigenvalue weighted by Crippen LogP contribution is 2.46. The maximum absolute atomic E-state index is 15.4. The van der Waals surface area contributed by atoms with Gasteiger partial charge in [-0.2, -0.15) is 5.26 Å². The van der Waals surface area contributed by atoms with Crippen molar-refractivity contribution in [1.82, 2.24) is 24.6 Å². The Morgan fingerprint density at radius 1 is 1.07 bits per heavy atom. The van der Waals surface area contributed by atoms with Crippen LogP contribution in [-0.4, -0.2) is 43.1 Å². The number of carbonyl (C=O) groups excluding carboxylic acids is 1. The van der Waals surface area contributed by atoms with Crippen LogP contribution in [0, 0.1) is 23.1 Å². The topological polar surface area (TPSA) is 90.9 Å². The van der Waals surface area contributed by atoms with Crippen LogP contribution in [0.25, 0.3) is 22.5 Å². The molecule has 8 nitrogen and oxygen atoms in total. The molecule has 2 aromatic carbocycles. The molecule has 9 heteroatoms. The Morgan fingerprint density at radius 3 is 2.66 bits per heavy atom. The van der Waals surface area contributed by atoms with Crippen LogP contribution in [0.4, 0.5) is 10.2 Å². The van der Waals surface area contributed by atoms with Crippen LogP contribution in [0.3, 0.4) is 0 Å². The average Bonchev–Trinajstić information content (AvgIpc) is 3.87. The number of benzene rings is 2. The SMILES string of the molecule is Cn1cnnc1-c1cc(C#N)ccc1-c1cc(C2CC2)nc(N2Cc3c(F)cc(CN4CC[C@@H]5C[C@@H]54)cc3C2=O)c1. The number of anilines is 1. The molecule has 204 valence electrons. The molecule has 41 heavy (non-hydrogen) atoms. The van der Waals surface area contributed by atoms with Gasteiger partial charge < -0.3 is 4.57 Å². The summed E-state index contributed by atoms with van der Waals surface area (Å²) in [5, 5.41) is 17.9. The van der Waals surface area contributed by atoms with E-state index in [1.54, 1.807) is 23.4 Å². The summed E-state index contributed by atoms with van der Waals surface area (Å²) >= 11 is 0. The van der Waals surface area contributed by atoms with Crippen LogP contribution >= 0.6 is 0 Å². The van der Waals surface area contributed by atoms with Crippen molar-refractivity contribution in [2.24, 2.45) is 13.0 Å². The van der Waals surface area contributed by atoms with Crippen molar-refractivity contribution in [3.05, 3.63) is 82.6 Å². The van der Waals surface area contributed by atoms with E-state index >= 15 is 4.39 Å². The van der Waals surface area contributed by atoms with Crippen molar-refractivity contribution < 1.29 is 9.18 Å². The van der Waals surface area contributed by atoms with Gasteiger partial charge in [-0.25, -0.2) is 9.37 Å². The zero-order valence-corrected chi connectivity index (χ0v) is 22.7. The van der Waals surface area contributed by atoms with Crippen molar-refractivity contribution in [3.63, 3.8) is 0 Å². The zero-order chi connectivity index (χ0) is 27.8. The predicted molar refractivity (Wildman–Crippen MR) is 150 cm³/mol. The third-order valence-electron chi connectivity index (χ3n) is 9.09. The van der Waals surface area contributed by atoms with Crippen molar-refractivity contribution in [1.29, 1.82) is 5.26 Å². The van der Waals surface area contributed by atoms with E-state index in [1.165, 1.54) is 12.8 Å². The van der Waals surface area contributed by atoms with E-state index in [4.69, 9.17) is 4.98 Å². The molecule has 2 saturated carbocycles. The van der Waals surface area contributed by atoms with Gasteiger partial charge in [-0.05, 0) is 91.2 Å². The first kappa shape index (κ1) is 24.4. The Labute approximate surface area is 237 Å². The van der Waals surface area contributed by atoms with Gasteiger partial charge in [-0.15, -0.1) is 10.2 Å². The predicted octanol–water partition coefficient (Wildman–Crippen LogP) is 5.19. The summed E-state index contributed by atoms with van der Waals surface area (Å²) in [5.74, 6) is 1.75. The van der Waals surface area contributed by atoms with Gasteiger partial charge in [-0.1, -0.05) is 6.07 Å². The van der Waals surface area contributed by atoms with Crippen molar-refractivity contribution in [3.8, 4) is 28.6 Å². The van der Waals surface area contributed by atoms with Crippen molar-refractivity contribution in [2.45, 2.75) is 50.7 Å². The fraction of sp³-hybridized carbons (Fsp3) is 0.344. The summed E-state index contributed by atoms with van der Waals surface area (Å²) in [6, 6.07) is 15.8. The van der Waals surface area contributed by atoms with Gasteiger partial charge in [0.1, 0.15) is 18.0 Å². The molecule has 2 aliphatic carbocycles. The van der Waals surface area contributed by atoms with Gasteiger partial charge in [0.2, 0.25) is 0 Å². The largest absolute Gasteiger partial charge is 0.317 e. The standard InChI is InChI=1S/C32H28FN7O/c1-38-17-35-37-31(38)24-8-18(14-34)2-5-23(24)22-11-28(20-3-4-20)36-30(13-22)40-16-26-25(32(40)41)9-19(10-27(26)33)15-39-7-6-21-12-29(21)39/h2,5,8-11,13,17,20-21,29H,3-4,6-7,12,15-16H2,1H3/t21-,29+/m1/s1. The molecule has 1 amide bonds. The number of likely N-dealkylation sites (tertiary alicyclic amines) is 1. The summed E-state index contributed by atoms with van der Waals surface area (Å²) < 4.78 is 17.2. The Bertz CT molecular complexity index is 1790. The molecule has 2 aromatic heterocycles. The number of hydrogen-bond acceptors (Lipinski definition) is 6. The monoisotopic (exact) mass is 545 g/mol. The summed E-state index contributed by atoms with van der Waals surface area (Å²) in [6.45, 7) is 1.88. The molecule has 0 spiro atoms. The number of rotatable bonds is 6. The quantitative estimate of drug-likeness (QED) is 0.331. The second-order valence-corrected chi connectivity index (χ2v) is 11.9. The maximum Gasteiger partial charge on any atom is 0.260 e. The van der Waals surface area contributed by atoms with E-state index in [0.29, 0.717) is 46.8 Å². The highest BCUT2D eigenvalue weighted by Gasteiger charge is 2.46. The molecule has 2 aliphatic heterocycles. The number of nitrogens with zero attached hydrogens (tertiary/aromatic N) is 7. The molecule has 4 aliphatic rings. The Kier molecular flexibility index (Phi) is 5.38. The number of amides is 1. The van der Waals surface area contributed by atoms with Gasteiger partial charge in [0, 0.05) is 47.9 Å². The van der Waals surface area contributed by atoms with Crippen LogP contribution in [0.2, 0.25) is 0 Å². The molecule has 0 unspecified atom stereocenters. The average molecular weight is 546 g/mol. The number of aromatic nitrogens is 4. The molecule has 0 N–H and O–H groups in total. The molecular weight excluding hydrogens is 517 g/mol. The third-order valence-corrected chi connectivity index (χ3v) is 9.09. The first-order valence-corrected chi connectivity index (χ1v) is 14.2. The highest BCUT2D eigenvalue weighted by atomic mass is 19.1. The summed E-state index contributed by atoms with van der Waals surface area (Å²) in [6.07, 6.45) is 6.17. The van der Waals surface area contributed by atoms with Gasteiger partial charge in [0.05, 0.1) is 18.2 Å². The number of aryl methyl sites for hydroxylation is 1. The molecule has 0 radical (unpaired) electrons. The lowest BCUT2D eigenvalue weighted by atomic mass is 9.96. The van der Waals surface area contributed by atoms with Crippen LogP contribution in [0.5, 0.6) is 0 Å². The number of piperidine rings is 1.